The Morgan fingerprint density at radius 1 is 1.42 bits per heavy atom. The third-order valence-corrected chi connectivity index (χ3v) is 5.49. The van der Waals surface area contributed by atoms with Gasteiger partial charge >= 0.3 is 0 Å². The average molecular weight is 334 g/mol. The van der Waals surface area contributed by atoms with Gasteiger partial charge in [-0.05, 0) is 25.2 Å². The zero-order valence-corrected chi connectivity index (χ0v) is 14.2. The number of carbonyl (C=O) groups excluding carboxylic acids is 1. The summed E-state index contributed by atoms with van der Waals surface area (Å²) in [5.74, 6) is 0.938. The van der Waals surface area contributed by atoms with Gasteiger partial charge in [0.25, 0.3) is 5.91 Å². The highest BCUT2D eigenvalue weighted by atomic mass is 16.5. The smallest absolute Gasteiger partial charge is 0.287 e. The van der Waals surface area contributed by atoms with E-state index in [0.717, 1.165) is 52.2 Å². The fraction of sp³-hybridized carbons (Fsp3) is 0.765. The highest BCUT2D eigenvalue weighted by Crippen LogP contribution is 2.30. The van der Waals surface area contributed by atoms with E-state index in [1.165, 1.54) is 0 Å². The molecule has 132 valence electrons. The second-order valence-corrected chi connectivity index (χ2v) is 7.17. The SMILES string of the molecule is Cn1ccnc1C(=O)N[C@@H]1CN(C[C@H]2CCOC2)[C@@H]2CCCO[C@@H]21. The topological polar surface area (TPSA) is 68.6 Å². The summed E-state index contributed by atoms with van der Waals surface area (Å²) in [6.07, 6.45) is 6.90. The first kappa shape index (κ1) is 16.1. The van der Waals surface area contributed by atoms with Gasteiger partial charge in [-0.1, -0.05) is 0 Å². The molecule has 0 spiro atoms. The Labute approximate surface area is 142 Å². The number of aryl methyl sites for hydroxylation is 1. The van der Waals surface area contributed by atoms with Crippen molar-refractivity contribution in [3.05, 3.63) is 18.2 Å². The van der Waals surface area contributed by atoms with Gasteiger partial charge in [-0.15, -0.1) is 0 Å². The molecule has 4 heterocycles. The van der Waals surface area contributed by atoms with Gasteiger partial charge in [0.15, 0.2) is 5.82 Å². The molecule has 0 aliphatic carbocycles. The molecule has 3 saturated heterocycles. The summed E-state index contributed by atoms with van der Waals surface area (Å²) < 4.78 is 13.3. The molecule has 4 rings (SSSR count). The van der Waals surface area contributed by atoms with Crippen LogP contribution in [0.15, 0.2) is 12.4 Å². The molecule has 0 saturated carbocycles. The summed E-state index contributed by atoms with van der Waals surface area (Å²) in [5.41, 5.74) is 0. The standard InChI is InChI=1S/C17H26N4O3/c1-20-6-5-18-16(20)17(22)19-13-10-21(9-12-4-8-23-11-12)14-3-2-7-24-15(13)14/h5-6,12-15H,2-4,7-11H2,1H3,(H,19,22)/t12-,13-,14-,15-/m1/s1. The van der Waals surface area contributed by atoms with Crippen LogP contribution in [0.2, 0.25) is 0 Å². The first-order chi connectivity index (χ1) is 11.7. The summed E-state index contributed by atoms with van der Waals surface area (Å²) >= 11 is 0. The van der Waals surface area contributed by atoms with Crippen molar-refractivity contribution in [2.45, 2.75) is 37.5 Å². The summed E-state index contributed by atoms with van der Waals surface area (Å²) in [7, 11) is 1.84. The number of fused-ring (bicyclic) bond motifs is 1. The predicted molar refractivity (Wildman–Crippen MR) is 87.7 cm³/mol. The summed E-state index contributed by atoms with van der Waals surface area (Å²) in [6, 6.07) is 0.438. The van der Waals surface area contributed by atoms with Gasteiger partial charge in [-0.3, -0.25) is 9.69 Å². The molecule has 0 aromatic carbocycles. The van der Waals surface area contributed by atoms with Gasteiger partial charge in [-0.25, -0.2) is 4.98 Å². The van der Waals surface area contributed by atoms with Gasteiger partial charge in [-0.2, -0.15) is 0 Å². The Kier molecular flexibility index (Phi) is 4.56. The maximum absolute atomic E-state index is 12.5. The van der Waals surface area contributed by atoms with Crippen LogP contribution < -0.4 is 5.32 Å². The second-order valence-electron chi connectivity index (χ2n) is 7.17. The summed E-state index contributed by atoms with van der Waals surface area (Å²) in [6.45, 7) is 4.42. The number of nitrogens with one attached hydrogen (secondary N) is 1. The Morgan fingerprint density at radius 3 is 3.08 bits per heavy atom. The van der Waals surface area contributed by atoms with Gasteiger partial charge in [0.05, 0.1) is 18.8 Å². The third-order valence-electron chi connectivity index (χ3n) is 5.49. The monoisotopic (exact) mass is 334 g/mol. The van der Waals surface area contributed by atoms with Crippen LogP contribution in [-0.2, 0) is 16.5 Å². The minimum absolute atomic E-state index is 0.0295. The minimum Gasteiger partial charge on any atom is -0.381 e. The molecule has 7 heteroatoms. The zero-order valence-electron chi connectivity index (χ0n) is 14.2. The molecule has 1 aromatic heterocycles. The molecule has 0 radical (unpaired) electrons. The van der Waals surface area contributed by atoms with E-state index in [4.69, 9.17) is 9.47 Å². The number of carbonyl (C=O) groups is 1. The second kappa shape index (κ2) is 6.82. The highest BCUT2D eigenvalue weighted by Gasteiger charge is 2.45. The van der Waals surface area contributed by atoms with Gasteiger partial charge < -0.3 is 19.4 Å². The minimum atomic E-state index is -0.119. The van der Waals surface area contributed by atoms with Crippen LogP contribution in [0.4, 0.5) is 0 Å². The number of rotatable bonds is 4. The molecule has 1 aromatic rings. The van der Waals surface area contributed by atoms with Crippen molar-refractivity contribution < 1.29 is 14.3 Å². The largest absolute Gasteiger partial charge is 0.381 e. The molecular weight excluding hydrogens is 308 g/mol. The lowest BCUT2D eigenvalue weighted by molar-refractivity contribution is -0.0220. The number of likely N-dealkylation sites (tertiary alicyclic amines) is 1. The van der Waals surface area contributed by atoms with Gasteiger partial charge in [0, 0.05) is 51.8 Å². The van der Waals surface area contributed by atoms with Crippen molar-refractivity contribution in [2.75, 3.05) is 32.9 Å². The van der Waals surface area contributed by atoms with E-state index in [1.54, 1.807) is 17.0 Å². The number of ether oxygens (including phenoxy) is 2. The zero-order chi connectivity index (χ0) is 16.5. The van der Waals surface area contributed by atoms with E-state index in [0.29, 0.717) is 17.8 Å². The molecule has 3 aliphatic rings. The van der Waals surface area contributed by atoms with E-state index in [-0.39, 0.29) is 18.1 Å². The lowest BCUT2D eigenvalue weighted by Crippen LogP contribution is -2.48. The van der Waals surface area contributed by atoms with Crippen molar-refractivity contribution in [3.63, 3.8) is 0 Å². The number of nitrogens with zero attached hydrogens (tertiary/aromatic N) is 3. The van der Waals surface area contributed by atoms with Crippen LogP contribution in [0.1, 0.15) is 29.9 Å². The number of aromatic nitrogens is 2. The van der Waals surface area contributed by atoms with Crippen molar-refractivity contribution in [3.8, 4) is 0 Å². The Morgan fingerprint density at radius 2 is 2.33 bits per heavy atom. The molecule has 0 bridgehead atoms. The van der Waals surface area contributed by atoms with Crippen LogP contribution >= 0.6 is 0 Å². The molecule has 0 unspecified atom stereocenters. The van der Waals surface area contributed by atoms with Crippen LogP contribution in [0, 0.1) is 5.92 Å². The molecule has 3 aliphatic heterocycles. The van der Waals surface area contributed by atoms with E-state index in [9.17, 15) is 4.79 Å². The van der Waals surface area contributed by atoms with E-state index in [1.807, 2.05) is 7.05 Å². The first-order valence-electron chi connectivity index (χ1n) is 8.94. The number of hydrogen-bond donors (Lipinski definition) is 1. The lowest BCUT2D eigenvalue weighted by Gasteiger charge is -2.33. The van der Waals surface area contributed by atoms with Crippen LogP contribution in [0.25, 0.3) is 0 Å². The van der Waals surface area contributed by atoms with E-state index in [2.05, 4.69) is 15.2 Å². The van der Waals surface area contributed by atoms with E-state index < -0.39 is 0 Å². The van der Waals surface area contributed by atoms with Crippen LogP contribution in [0.5, 0.6) is 0 Å². The quantitative estimate of drug-likeness (QED) is 0.864. The normalized spacial score (nSPS) is 33.5. The maximum Gasteiger partial charge on any atom is 0.287 e. The van der Waals surface area contributed by atoms with Gasteiger partial charge in [0.2, 0.25) is 0 Å². The molecular formula is C17H26N4O3. The number of amides is 1. The molecule has 3 fully saturated rings. The fourth-order valence-corrected chi connectivity index (χ4v) is 4.27. The average Bonchev–Trinajstić information content (AvgIpc) is 3.30. The molecule has 7 nitrogen and oxygen atoms in total. The van der Waals surface area contributed by atoms with Crippen molar-refractivity contribution >= 4 is 5.91 Å². The van der Waals surface area contributed by atoms with Crippen LogP contribution in [0.3, 0.4) is 0 Å². The molecule has 1 N–H and O–H groups in total. The van der Waals surface area contributed by atoms with Crippen molar-refractivity contribution in [2.24, 2.45) is 13.0 Å². The van der Waals surface area contributed by atoms with Crippen LogP contribution in [-0.4, -0.2) is 71.5 Å². The first-order valence-corrected chi connectivity index (χ1v) is 8.94. The summed E-state index contributed by atoms with van der Waals surface area (Å²) in [5, 5.41) is 3.16. The molecule has 1 amide bonds. The Balaban J connectivity index is 1.44. The number of imidazole rings is 1. The number of hydrogen-bond acceptors (Lipinski definition) is 5. The lowest BCUT2D eigenvalue weighted by atomic mass is 10.00. The van der Waals surface area contributed by atoms with Crippen molar-refractivity contribution in [1.82, 2.24) is 19.8 Å². The Hall–Kier alpha value is -1.44. The maximum atomic E-state index is 12.5. The molecule has 24 heavy (non-hydrogen) atoms. The third kappa shape index (κ3) is 3.08. The highest BCUT2D eigenvalue weighted by molar-refractivity contribution is 5.91. The predicted octanol–water partition coefficient (Wildman–Crippen LogP) is 0.418. The Bertz CT molecular complexity index is 584. The van der Waals surface area contributed by atoms with E-state index >= 15 is 0 Å². The molecule has 4 atom stereocenters. The summed E-state index contributed by atoms with van der Waals surface area (Å²) in [4.78, 5) is 19.2. The van der Waals surface area contributed by atoms with Crippen molar-refractivity contribution in [1.29, 1.82) is 0 Å². The van der Waals surface area contributed by atoms with Gasteiger partial charge in [0.1, 0.15) is 0 Å². The fourth-order valence-electron chi connectivity index (χ4n) is 4.27.